The molecule has 0 radical (unpaired) electrons. The first-order valence-corrected chi connectivity index (χ1v) is 18.1. The van der Waals surface area contributed by atoms with Crippen LogP contribution in [0.15, 0.2) is 69.6 Å². The Morgan fingerprint density at radius 1 is 0.537 bits per heavy atom. The van der Waals surface area contributed by atoms with Crippen LogP contribution in [0.1, 0.15) is 74.9 Å². The molecule has 0 bridgehead atoms. The maximum absolute atomic E-state index is 13.6. The summed E-state index contributed by atoms with van der Waals surface area (Å²) in [7, 11) is 0. The summed E-state index contributed by atoms with van der Waals surface area (Å²) in [5, 5.41) is 5.20. The van der Waals surface area contributed by atoms with Crippen molar-refractivity contribution in [2.45, 2.75) is 92.8 Å². The largest absolute Gasteiger partial charge is 0.444 e. The van der Waals surface area contributed by atoms with Gasteiger partial charge in [-0.15, -0.1) is 0 Å². The molecule has 2 N–H and O–H groups in total. The lowest BCUT2D eigenvalue weighted by Crippen LogP contribution is -2.27. The molecule has 4 rings (SSSR count). The topological polar surface area (TPSA) is 76.7 Å². The van der Waals surface area contributed by atoms with Gasteiger partial charge in [0, 0.05) is 14.6 Å². The average molecular weight is 889 g/mol. The molecule has 14 heteroatoms. The molecule has 0 aliphatic rings. The zero-order valence-electron chi connectivity index (χ0n) is 31.4. The van der Waals surface area contributed by atoms with Crippen LogP contribution in [0.4, 0.5) is 47.3 Å². The number of carbonyl (C=O) groups excluding carboxylic acids is 2. The van der Waals surface area contributed by atoms with Crippen molar-refractivity contribution >= 4 is 55.4 Å². The van der Waals surface area contributed by atoms with Crippen molar-refractivity contribution in [2.75, 3.05) is 10.6 Å². The molecule has 292 valence electrons. The normalized spacial score (nSPS) is 12.0. The minimum Gasteiger partial charge on any atom is -0.444 e. The fourth-order valence-corrected chi connectivity index (χ4v) is 6.00. The van der Waals surface area contributed by atoms with Crippen LogP contribution in [-0.4, -0.2) is 23.4 Å². The lowest BCUT2D eigenvalue weighted by atomic mass is 9.94. The lowest BCUT2D eigenvalue weighted by molar-refractivity contribution is -0.138. The zero-order valence-corrected chi connectivity index (χ0v) is 34.6. The van der Waals surface area contributed by atoms with Crippen molar-refractivity contribution in [3.05, 3.63) is 103 Å². The van der Waals surface area contributed by atoms with E-state index in [0.29, 0.717) is 53.7 Å². The molecule has 0 saturated heterocycles. The highest BCUT2D eigenvalue weighted by molar-refractivity contribution is 9.11. The van der Waals surface area contributed by atoms with E-state index in [9.17, 15) is 35.9 Å². The SMILES string of the molecule is Cc1cc(C(F)(F)F)c(-c2cc(Br)c(NC(=O)OC(C)(C)C)cc2C)cc1Br.Cc1ccc(-c2ccc(NC(=O)OC(C)(C)C)cc2C)c(C(F)(F)F)c1. The van der Waals surface area contributed by atoms with Crippen molar-refractivity contribution in [3.63, 3.8) is 0 Å². The van der Waals surface area contributed by atoms with E-state index in [1.807, 2.05) is 0 Å². The van der Waals surface area contributed by atoms with Crippen LogP contribution in [0.5, 0.6) is 0 Å². The van der Waals surface area contributed by atoms with Crippen LogP contribution in [0.25, 0.3) is 22.3 Å². The number of hydrogen-bond acceptors (Lipinski definition) is 4. The van der Waals surface area contributed by atoms with Gasteiger partial charge in [-0.3, -0.25) is 10.6 Å². The molecule has 0 atom stereocenters. The first-order chi connectivity index (χ1) is 24.6. The van der Waals surface area contributed by atoms with Gasteiger partial charge in [-0.25, -0.2) is 9.59 Å². The van der Waals surface area contributed by atoms with Gasteiger partial charge in [0.2, 0.25) is 0 Å². The highest BCUT2D eigenvalue weighted by atomic mass is 79.9. The van der Waals surface area contributed by atoms with Gasteiger partial charge in [-0.2, -0.15) is 26.3 Å². The second-order valence-corrected chi connectivity index (χ2v) is 16.3. The summed E-state index contributed by atoms with van der Waals surface area (Å²) >= 11 is 6.64. The summed E-state index contributed by atoms with van der Waals surface area (Å²) in [6.45, 7) is 17.1. The van der Waals surface area contributed by atoms with Gasteiger partial charge < -0.3 is 9.47 Å². The Balaban J connectivity index is 0.000000291. The van der Waals surface area contributed by atoms with E-state index in [-0.39, 0.29) is 11.1 Å². The number of ether oxygens (including phenoxy) is 2. The van der Waals surface area contributed by atoms with Crippen LogP contribution in [0.2, 0.25) is 0 Å². The maximum Gasteiger partial charge on any atom is 0.417 e. The molecule has 4 aromatic carbocycles. The van der Waals surface area contributed by atoms with Crippen LogP contribution < -0.4 is 10.6 Å². The molecular formula is C40H42Br2F6N2O4. The quantitative estimate of drug-likeness (QED) is 0.200. The monoisotopic (exact) mass is 886 g/mol. The highest BCUT2D eigenvalue weighted by Crippen LogP contribution is 2.43. The van der Waals surface area contributed by atoms with Crippen LogP contribution in [0, 0.1) is 27.7 Å². The molecule has 0 aliphatic carbocycles. The first kappa shape index (κ1) is 44.4. The number of benzene rings is 4. The van der Waals surface area contributed by atoms with Crippen molar-refractivity contribution in [1.29, 1.82) is 0 Å². The highest BCUT2D eigenvalue weighted by Gasteiger charge is 2.35. The smallest absolute Gasteiger partial charge is 0.417 e. The fraction of sp³-hybridized carbons (Fsp3) is 0.350. The van der Waals surface area contributed by atoms with Gasteiger partial charge in [0.1, 0.15) is 11.2 Å². The molecule has 54 heavy (non-hydrogen) atoms. The van der Waals surface area contributed by atoms with E-state index in [1.54, 1.807) is 106 Å². The molecule has 6 nitrogen and oxygen atoms in total. The number of halogens is 8. The summed E-state index contributed by atoms with van der Waals surface area (Å²) in [5.74, 6) is 0. The Morgan fingerprint density at radius 3 is 1.54 bits per heavy atom. The second kappa shape index (κ2) is 16.8. The number of anilines is 2. The number of hydrogen-bond donors (Lipinski definition) is 2. The Hall–Kier alpha value is -4.04. The predicted molar refractivity (Wildman–Crippen MR) is 208 cm³/mol. The molecule has 0 aliphatic heterocycles. The Labute approximate surface area is 328 Å². The first-order valence-electron chi connectivity index (χ1n) is 16.5. The van der Waals surface area contributed by atoms with Gasteiger partial charge in [-0.05, 0) is 167 Å². The zero-order chi connectivity index (χ0) is 41.1. The van der Waals surface area contributed by atoms with Gasteiger partial charge in [0.05, 0.1) is 16.8 Å². The molecule has 0 spiro atoms. The van der Waals surface area contributed by atoms with E-state index in [4.69, 9.17) is 9.47 Å². The van der Waals surface area contributed by atoms with E-state index >= 15 is 0 Å². The number of nitrogens with one attached hydrogen (secondary N) is 2. The van der Waals surface area contributed by atoms with Crippen molar-refractivity contribution < 1.29 is 45.4 Å². The van der Waals surface area contributed by atoms with Crippen molar-refractivity contribution in [2.24, 2.45) is 0 Å². The van der Waals surface area contributed by atoms with Gasteiger partial charge >= 0.3 is 24.5 Å². The maximum atomic E-state index is 13.6. The number of rotatable bonds is 4. The van der Waals surface area contributed by atoms with Gasteiger partial charge in [0.15, 0.2) is 0 Å². The second-order valence-electron chi connectivity index (χ2n) is 14.6. The summed E-state index contributed by atoms with van der Waals surface area (Å²) in [5.41, 5.74) is 1.48. The number of amides is 2. The van der Waals surface area contributed by atoms with E-state index < -0.39 is 46.9 Å². The van der Waals surface area contributed by atoms with E-state index in [1.165, 1.54) is 12.1 Å². The fourth-order valence-electron chi connectivity index (χ4n) is 5.21. The van der Waals surface area contributed by atoms with E-state index in [2.05, 4.69) is 42.5 Å². The molecule has 0 fully saturated rings. The van der Waals surface area contributed by atoms with E-state index in [0.717, 1.165) is 12.1 Å². The predicted octanol–water partition coefficient (Wildman–Crippen LogP) is 14.2. The molecule has 0 saturated carbocycles. The lowest BCUT2D eigenvalue weighted by Gasteiger charge is -2.21. The number of carbonyl (C=O) groups is 2. The Kier molecular flexibility index (Phi) is 13.8. The third-order valence-corrected chi connectivity index (χ3v) is 9.00. The standard InChI is InChI=1S/C20H20Br2F3NO2.C20H22F3NO2/c1-10-7-17(26-18(27)28-19(3,4)5)16(22)8-12(10)13-9-15(21)11(2)6-14(13)20(23,24)25;1-12-6-8-16(17(10-12)20(21,22)23)15-9-7-14(11-13(15)2)24-18(25)26-19(3,4)5/h6-9H,1-5H3,(H,26,27);6-11H,1-5H3,(H,24,25). The van der Waals surface area contributed by atoms with Crippen molar-refractivity contribution in [1.82, 2.24) is 0 Å². The molecule has 0 unspecified atom stereocenters. The van der Waals surface area contributed by atoms with Gasteiger partial charge in [0.25, 0.3) is 0 Å². The van der Waals surface area contributed by atoms with Gasteiger partial charge in [-0.1, -0.05) is 39.7 Å². The molecule has 0 aromatic heterocycles. The summed E-state index contributed by atoms with van der Waals surface area (Å²) in [6, 6.07) is 14.8. The van der Waals surface area contributed by atoms with Crippen LogP contribution in [-0.2, 0) is 21.8 Å². The minimum atomic E-state index is -4.49. The average Bonchev–Trinajstić information content (AvgIpc) is 2.98. The van der Waals surface area contributed by atoms with Crippen LogP contribution >= 0.6 is 31.9 Å². The summed E-state index contributed by atoms with van der Waals surface area (Å²) < 4.78 is 92.3. The Morgan fingerprint density at radius 2 is 1.02 bits per heavy atom. The molecule has 2 amide bonds. The number of aryl methyl sites for hydroxylation is 4. The molecular weight excluding hydrogens is 846 g/mol. The minimum absolute atomic E-state index is 0.0620. The Bertz CT molecular complexity index is 2030. The third-order valence-electron chi connectivity index (χ3n) is 7.49. The third kappa shape index (κ3) is 12.5. The molecule has 4 aromatic rings. The number of alkyl halides is 6. The summed E-state index contributed by atoms with van der Waals surface area (Å²) in [4.78, 5) is 23.8. The molecule has 0 heterocycles. The van der Waals surface area contributed by atoms with Crippen molar-refractivity contribution in [3.8, 4) is 22.3 Å². The van der Waals surface area contributed by atoms with Crippen LogP contribution in [0.3, 0.4) is 0 Å². The summed E-state index contributed by atoms with van der Waals surface area (Å²) in [6.07, 6.45) is -10.2.